The fraction of sp³-hybridized carbons (Fsp3) is 0.667. The number of amides is 1. The van der Waals surface area contributed by atoms with Gasteiger partial charge in [-0.2, -0.15) is 0 Å². The number of hydrogen-bond acceptors (Lipinski definition) is 4. The minimum absolute atomic E-state index is 0.0126. The second-order valence-electron chi connectivity index (χ2n) is 6.93. The van der Waals surface area contributed by atoms with Gasteiger partial charge in [-0.3, -0.25) is 4.79 Å². The molecule has 0 spiro atoms. The van der Waals surface area contributed by atoms with Crippen molar-refractivity contribution in [3.05, 3.63) is 23.9 Å². The Kier molecular flexibility index (Phi) is 5.16. The fourth-order valence-corrected chi connectivity index (χ4v) is 3.70. The van der Waals surface area contributed by atoms with Crippen LogP contribution in [0.3, 0.4) is 0 Å². The quantitative estimate of drug-likeness (QED) is 0.926. The first-order chi connectivity index (χ1) is 11.1. The maximum absolute atomic E-state index is 12.4. The molecule has 1 aromatic rings. The third-order valence-electron chi connectivity index (χ3n) is 5.27. The number of carbonyl (C=O) groups is 1. The van der Waals surface area contributed by atoms with Crippen molar-refractivity contribution >= 4 is 11.7 Å². The van der Waals surface area contributed by atoms with Gasteiger partial charge in [-0.25, -0.2) is 4.98 Å². The summed E-state index contributed by atoms with van der Waals surface area (Å²) in [7, 11) is 2.13. The number of hydrogen-bond donors (Lipinski definition) is 1. The van der Waals surface area contributed by atoms with Crippen molar-refractivity contribution in [2.75, 3.05) is 31.6 Å². The largest absolute Gasteiger partial charge is 0.354 e. The summed E-state index contributed by atoms with van der Waals surface area (Å²) in [6.45, 7) is 5.13. The molecule has 0 unspecified atom stereocenters. The highest BCUT2D eigenvalue weighted by Crippen LogP contribution is 2.23. The van der Waals surface area contributed by atoms with Crippen molar-refractivity contribution in [1.29, 1.82) is 0 Å². The lowest BCUT2D eigenvalue weighted by molar-refractivity contribution is 0.0943. The molecule has 5 nitrogen and oxygen atoms in total. The number of aromatic nitrogens is 1. The average molecular weight is 316 g/mol. The van der Waals surface area contributed by atoms with Crippen LogP contribution in [-0.2, 0) is 0 Å². The van der Waals surface area contributed by atoms with Gasteiger partial charge < -0.3 is 15.1 Å². The SMILES string of the molecule is C[C@H]1CCCCN1c1cc(C(=O)NC[C@@H]2CCCN2C)ccn1. The first kappa shape index (κ1) is 16.2. The van der Waals surface area contributed by atoms with E-state index in [9.17, 15) is 4.79 Å². The van der Waals surface area contributed by atoms with Crippen molar-refractivity contribution in [2.45, 2.75) is 51.1 Å². The minimum atomic E-state index is 0.0126. The predicted octanol–water partition coefficient (Wildman–Crippen LogP) is 2.28. The molecule has 2 aliphatic rings. The highest BCUT2D eigenvalue weighted by atomic mass is 16.1. The third-order valence-corrected chi connectivity index (χ3v) is 5.27. The van der Waals surface area contributed by atoms with E-state index >= 15 is 0 Å². The Hall–Kier alpha value is -1.62. The predicted molar refractivity (Wildman–Crippen MR) is 92.9 cm³/mol. The Labute approximate surface area is 139 Å². The van der Waals surface area contributed by atoms with E-state index in [0.29, 0.717) is 17.6 Å². The Morgan fingerprint density at radius 1 is 1.30 bits per heavy atom. The van der Waals surface area contributed by atoms with Crippen molar-refractivity contribution < 1.29 is 4.79 Å². The number of carbonyl (C=O) groups excluding carboxylic acids is 1. The molecule has 3 rings (SSSR count). The Balaban J connectivity index is 1.63. The normalized spacial score (nSPS) is 25.6. The van der Waals surface area contributed by atoms with Crippen LogP contribution in [0.5, 0.6) is 0 Å². The van der Waals surface area contributed by atoms with Gasteiger partial charge in [-0.1, -0.05) is 0 Å². The number of likely N-dealkylation sites (tertiary alicyclic amines) is 1. The molecule has 1 aromatic heterocycles. The van der Waals surface area contributed by atoms with Gasteiger partial charge in [-0.15, -0.1) is 0 Å². The molecule has 0 radical (unpaired) electrons. The number of nitrogens with one attached hydrogen (secondary N) is 1. The monoisotopic (exact) mass is 316 g/mol. The average Bonchev–Trinajstić information content (AvgIpc) is 2.98. The zero-order chi connectivity index (χ0) is 16.2. The second-order valence-corrected chi connectivity index (χ2v) is 6.93. The summed E-state index contributed by atoms with van der Waals surface area (Å²) in [5.41, 5.74) is 0.716. The summed E-state index contributed by atoms with van der Waals surface area (Å²) in [5, 5.41) is 3.09. The maximum Gasteiger partial charge on any atom is 0.251 e. The van der Waals surface area contributed by atoms with Crippen LogP contribution in [0.2, 0.25) is 0 Å². The Morgan fingerprint density at radius 2 is 2.17 bits per heavy atom. The summed E-state index contributed by atoms with van der Waals surface area (Å²) < 4.78 is 0. The van der Waals surface area contributed by atoms with Crippen molar-refractivity contribution in [3.8, 4) is 0 Å². The van der Waals surface area contributed by atoms with Crippen molar-refractivity contribution in [3.63, 3.8) is 0 Å². The van der Waals surface area contributed by atoms with Gasteiger partial charge in [0.2, 0.25) is 0 Å². The van der Waals surface area contributed by atoms with Gasteiger partial charge in [0.15, 0.2) is 0 Å². The summed E-state index contributed by atoms with van der Waals surface area (Å²) in [4.78, 5) is 21.6. The number of nitrogens with zero attached hydrogens (tertiary/aromatic N) is 3. The molecule has 1 N–H and O–H groups in total. The van der Waals surface area contributed by atoms with Crippen LogP contribution in [0.1, 0.15) is 49.4 Å². The molecule has 5 heteroatoms. The highest BCUT2D eigenvalue weighted by molar-refractivity contribution is 5.94. The standard InChI is InChI=1S/C18H28N4O/c1-14-6-3-4-11-22(14)17-12-15(8-9-19-17)18(23)20-13-16-7-5-10-21(16)2/h8-9,12,14,16H,3-7,10-11,13H2,1-2H3,(H,20,23)/t14-,16-/m0/s1. The van der Waals surface area contributed by atoms with Crippen molar-refractivity contribution in [2.24, 2.45) is 0 Å². The van der Waals surface area contributed by atoms with Crippen LogP contribution >= 0.6 is 0 Å². The first-order valence-corrected chi connectivity index (χ1v) is 8.86. The van der Waals surface area contributed by atoms with Gasteiger partial charge in [-0.05, 0) is 64.8 Å². The lowest BCUT2D eigenvalue weighted by atomic mass is 10.0. The molecule has 0 aromatic carbocycles. The van der Waals surface area contributed by atoms with Gasteiger partial charge in [0, 0.05) is 36.9 Å². The number of anilines is 1. The van der Waals surface area contributed by atoms with Crippen LogP contribution in [-0.4, -0.2) is 54.6 Å². The summed E-state index contributed by atoms with van der Waals surface area (Å²) >= 11 is 0. The molecule has 0 aliphatic carbocycles. The molecule has 2 atom stereocenters. The molecule has 23 heavy (non-hydrogen) atoms. The molecule has 2 saturated heterocycles. The molecule has 0 saturated carbocycles. The highest BCUT2D eigenvalue weighted by Gasteiger charge is 2.22. The maximum atomic E-state index is 12.4. The van der Waals surface area contributed by atoms with E-state index < -0.39 is 0 Å². The molecule has 2 aliphatic heterocycles. The van der Waals surface area contributed by atoms with E-state index in [-0.39, 0.29) is 5.91 Å². The summed E-state index contributed by atoms with van der Waals surface area (Å²) in [6.07, 6.45) is 7.84. The Bertz CT molecular complexity index is 548. The molecule has 3 heterocycles. The zero-order valence-electron chi connectivity index (χ0n) is 14.3. The van der Waals surface area contributed by atoms with Gasteiger partial charge in [0.1, 0.15) is 5.82 Å². The number of piperidine rings is 1. The van der Waals surface area contributed by atoms with E-state index in [1.807, 2.05) is 12.1 Å². The third kappa shape index (κ3) is 3.83. The summed E-state index contributed by atoms with van der Waals surface area (Å²) in [6, 6.07) is 4.73. The first-order valence-electron chi connectivity index (χ1n) is 8.86. The molecule has 2 fully saturated rings. The number of rotatable bonds is 4. The molecular weight excluding hydrogens is 288 g/mol. The van der Waals surface area contributed by atoms with Crippen LogP contribution in [0.15, 0.2) is 18.3 Å². The molecule has 0 bridgehead atoms. The van der Waals surface area contributed by atoms with Crippen LogP contribution in [0.25, 0.3) is 0 Å². The fourth-order valence-electron chi connectivity index (χ4n) is 3.70. The van der Waals surface area contributed by atoms with E-state index in [2.05, 4.69) is 34.1 Å². The van der Waals surface area contributed by atoms with Gasteiger partial charge in [0.05, 0.1) is 0 Å². The van der Waals surface area contributed by atoms with Gasteiger partial charge >= 0.3 is 0 Å². The lowest BCUT2D eigenvalue weighted by Gasteiger charge is -2.34. The van der Waals surface area contributed by atoms with Crippen LogP contribution in [0.4, 0.5) is 5.82 Å². The molecule has 126 valence electrons. The topological polar surface area (TPSA) is 48.5 Å². The van der Waals surface area contributed by atoms with E-state index in [1.165, 1.54) is 32.1 Å². The van der Waals surface area contributed by atoms with E-state index in [0.717, 1.165) is 25.5 Å². The lowest BCUT2D eigenvalue weighted by Crippen LogP contribution is -2.39. The number of likely N-dealkylation sites (N-methyl/N-ethyl adjacent to an activating group) is 1. The van der Waals surface area contributed by atoms with Crippen LogP contribution in [0, 0.1) is 0 Å². The van der Waals surface area contributed by atoms with Crippen molar-refractivity contribution in [1.82, 2.24) is 15.2 Å². The van der Waals surface area contributed by atoms with E-state index in [1.54, 1.807) is 6.20 Å². The van der Waals surface area contributed by atoms with Gasteiger partial charge in [0.25, 0.3) is 5.91 Å². The van der Waals surface area contributed by atoms with E-state index in [4.69, 9.17) is 0 Å². The molecule has 1 amide bonds. The molecular formula is C18H28N4O. The second kappa shape index (κ2) is 7.30. The summed E-state index contributed by atoms with van der Waals surface area (Å²) in [5.74, 6) is 0.946. The number of pyridine rings is 1. The smallest absolute Gasteiger partial charge is 0.251 e. The van der Waals surface area contributed by atoms with Crippen LogP contribution < -0.4 is 10.2 Å². The Morgan fingerprint density at radius 3 is 2.91 bits per heavy atom. The minimum Gasteiger partial charge on any atom is -0.354 e. The zero-order valence-corrected chi connectivity index (χ0v) is 14.3.